The Kier molecular flexibility index (Phi) is 4.33. The van der Waals surface area contributed by atoms with E-state index in [1.165, 1.54) is 6.07 Å². The van der Waals surface area contributed by atoms with Crippen LogP contribution >= 0.6 is 0 Å². The number of nitrogens with zero attached hydrogens (tertiary/aromatic N) is 4. The number of phenolic OH excluding ortho intramolecular Hbond substituents is 1. The molecule has 0 spiro atoms. The average molecular weight is 401 g/mol. The van der Waals surface area contributed by atoms with E-state index in [0.717, 1.165) is 12.1 Å². The Labute approximate surface area is 164 Å². The van der Waals surface area contributed by atoms with Crippen LogP contribution in [0.5, 0.6) is 5.75 Å². The molecule has 0 saturated heterocycles. The summed E-state index contributed by atoms with van der Waals surface area (Å²) in [5, 5.41) is 19.0. The summed E-state index contributed by atoms with van der Waals surface area (Å²) in [6.07, 6.45) is -2.80. The lowest BCUT2D eigenvalue weighted by Crippen LogP contribution is -2.12. The third-order valence-corrected chi connectivity index (χ3v) is 4.84. The van der Waals surface area contributed by atoms with Gasteiger partial charge in [0.05, 0.1) is 22.7 Å². The molecule has 2 aromatic carbocycles. The third kappa shape index (κ3) is 3.32. The summed E-state index contributed by atoms with van der Waals surface area (Å²) in [5.74, 6) is 0.945. The molecule has 1 atom stereocenters. The van der Waals surface area contributed by atoms with Crippen molar-refractivity contribution in [1.82, 2.24) is 19.7 Å². The van der Waals surface area contributed by atoms with Gasteiger partial charge in [-0.3, -0.25) is 4.68 Å². The van der Waals surface area contributed by atoms with Crippen LogP contribution in [-0.2, 0) is 13.2 Å². The number of aromatic nitrogens is 4. The zero-order valence-corrected chi connectivity index (χ0v) is 15.9. The number of aromatic hydroxyl groups is 1. The molecule has 29 heavy (non-hydrogen) atoms. The van der Waals surface area contributed by atoms with Crippen molar-refractivity contribution in [3.8, 4) is 5.75 Å². The molecule has 0 amide bonds. The van der Waals surface area contributed by atoms with Gasteiger partial charge in [-0.1, -0.05) is 12.1 Å². The van der Waals surface area contributed by atoms with Crippen molar-refractivity contribution >= 4 is 27.6 Å². The number of hydrogen-bond acceptors (Lipinski definition) is 5. The van der Waals surface area contributed by atoms with Gasteiger partial charge in [0.2, 0.25) is 0 Å². The van der Waals surface area contributed by atoms with E-state index in [1.807, 2.05) is 0 Å². The Balaban J connectivity index is 1.80. The van der Waals surface area contributed by atoms with Crippen molar-refractivity contribution in [3.63, 3.8) is 0 Å². The lowest BCUT2D eigenvalue weighted by Gasteiger charge is -2.18. The zero-order valence-electron chi connectivity index (χ0n) is 15.9. The Hall–Kier alpha value is -3.36. The number of nitrogens with one attached hydrogen (secondary N) is 1. The second kappa shape index (κ2) is 6.61. The summed E-state index contributed by atoms with van der Waals surface area (Å²) in [5.41, 5.74) is 0.919. The zero-order chi connectivity index (χ0) is 20.9. The molecule has 0 saturated carbocycles. The molecule has 2 N–H and O–H groups in total. The normalized spacial score (nSPS) is 13.2. The summed E-state index contributed by atoms with van der Waals surface area (Å²) in [7, 11) is 1.72. The smallest absolute Gasteiger partial charge is 0.416 e. The molecular weight excluding hydrogens is 383 g/mol. The number of halogens is 3. The molecule has 0 aliphatic rings. The molecule has 4 aromatic rings. The fraction of sp³-hybridized carbons (Fsp3) is 0.250. The van der Waals surface area contributed by atoms with Gasteiger partial charge in [0.15, 0.2) is 0 Å². The van der Waals surface area contributed by atoms with E-state index in [4.69, 9.17) is 0 Å². The molecule has 0 aliphatic heterocycles. The van der Waals surface area contributed by atoms with Gasteiger partial charge in [0.25, 0.3) is 0 Å². The van der Waals surface area contributed by atoms with Crippen LogP contribution in [0.2, 0.25) is 0 Å². The van der Waals surface area contributed by atoms with Gasteiger partial charge in [-0.15, -0.1) is 0 Å². The number of benzene rings is 2. The molecule has 9 heteroatoms. The summed E-state index contributed by atoms with van der Waals surface area (Å²) in [4.78, 5) is 8.89. The predicted octanol–water partition coefficient (Wildman–Crippen LogP) is 4.72. The van der Waals surface area contributed by atoms with Crippen molar-refractivity contribution in [2.24, 2.45) is 7.05 Å². The fourth-order valence-corrected chi connectivity index (χ4v) is 3.43. The monoisotopic (exact) mass is 401 g/mol. The van der Waals surface area contributed by atoms with E-state index in [9.17, 15) is 18.3 Å². The highest BCUT2D eigenvalue weighted by atomic mass is 19.4. The van der Waals surface area contributed by atoms with Gasteiger partial charge in [0.1, 0.15) is 22.9 Å². The van der Waals surface area contributed by atoms with Crippen molar-refractivity contribution in [2.75, 3.05) is 5.32 Å². The highest BCUT2D eigenvalue weighted by molar-refractivity contribution is 6.09. The number of aryl methyl sites for hydroxylation is 2. The Bertz CT molecular complexity index is 1230. The first-order valence-corrected chi connectivity index (χ1v) is 8.91. The minimum Gasteiger partial charge on any atom is -0.506 e. The van der Waals surface area contributed by atoms with Gasteiger partial charge >= 0.3 is 6.18 Å². The number of fused-ring (bicyclic) bond motifs is 3. The second-order valence-electron chi connectivity index (χ2n) is 6.93. The van der Waals surface area contributed by atoms with Gasteiger partial charge in [0, 0.05) is 18.5 Å². The molecule has 2 aromatic heterocycles. The molecule has 1 unspecified atom stereocenters. The van der Waals surface area contributed by atoms with Crippen LogP contribution in [0.1, 0.15) is 29.9 Å². The molecule has 0 aliphatic carbocycles. The summed E-state index contributed by atoms with van der Waals surface area (Å²) < 4.78 is 40.7. The first kappa shape index (κ1) is 19.0. The van der Waals surface area contributed by atoms with Crippen LogP contribution in [0.15, 0.2) is 36.5 Å². The molecule has 150 valence electrons. The van der Waals surface area contributed by atoms with E-state index in [1.54, 1.807) is 43.9 Å². The maximum atomic E-state index is 13.0. The SMILES string of the molecule is Cc1nc(NC(C)c2cccc(C(F)(F)F)c2)c2cc(O)c3c(cnn3C)c2n1. The lowest BCUT2D eigenvalue weighted by molar-refractivity contribution is -0.137. The van der Waals surface area contributed by atoms with Crippen LogP contribution in [0.4, 0.5) is 19.0 Å². The minimum atomic E-state index is -4.41. The largest absolute Gasteiger partial charge is 0.506 e. The van der Waals surface area contributed by atoms with Crippen LogP contribution in [0, 0.1) is 6.92 Å². The minimum absolute atomic E-state index is 0.0229. The summed E-state index contributed by atoms with van der Waals surface area (Å²) in [6, 6.07) is 6.24. The third-order valence-electron chi connectivity index (χ3n) is 4.84. The standard InChI is InChI=1S/C20H18F3N5O/c1-10(12-5-4-6-13(7-12)20(21,22)23)25-19-14-8-16(29)18-15(9-24-28(18)3)17(14)26-11(2)27-19/h4-10,29H,1-3H3,(H,25,26,27). The maximum absolute atomic E-state index is 13.0. The number of rotatable bonds is 3. The van der Waals surface area contributed by atoms with E-state index in [0.29, 0.717) is 39.0 Å². The van der Waals surface area contributed by atoms with Gasteiger partial charge in [-0.2, -0.15) is 18.3 Å². The number of anilines is 1. The lowest BCUT2D eigenvalue weighted by atomic mass is 10.0. The Morgan fingerprint density at radius 2 is 1.90 bits per heavy atom. The van der Waals surface area contributed by atoms with Gasteiger partial charge < -0.3 is 10.4 Å². The first-order chi connectivity index (χ1) is 13.6. The van der Waals surface area contributed by atoms with Crippen LogP contribution in [0.25, 0.3) is 21.8 Å². The molecular formula is C20H18F3N5O. The fourth-order valence-electron chi connectivity index (χ4n) is 3.43. The number of hydrogen-bond donors (Lipinski definition) is 2. The van der Waals surface area contributed by atoms with Crippen LogP contribution in [0.3, 0.4) is 0 Å². The predicted molar refractivity (Wildman–Crippen MR) is 104 cm³/mol. The quantitative estimate of drug-likeness (QED) is 0.519. The number of phenols is 1. The molecule has 0 bridgehead atoms. The van der Waals surface area contributed by atoms with E-state index in [-0.39, 0.29) is 5.75 Å². The van der Waals surface area contributed by atoms with Crippen molar-refractivity contribution in [2.45, 2.75) is 26.1 Å². The maximum Gasteiger partial charge on any atom is 0.416 e. The van der Waals surface area contributed by atoms with E-state index >= 15 is 0 Å². The molecule has 2 heterocycles. The highest BCUT2D eigenvalue weighted by Gasteiger charge is 2.30. The Morgan fingerprint density at radius 1 is 1.14 bits per heavy atom. The molecule has 4 rings (SSSR count). The van der Waals surface area contributed by atoms with Crippen LogP contribution < -0.4 is 5.32 Å². The van der Waals surface area contributed by atoms with Crippen molar-refractivity contribution in [1.29, 1.82) is 0 Å². The van der Waals surface area contributed by atoms with Gasteiger partial charge in [-0.25, -0.2) is 9.97 Å². The van der Waals surface area contributed by atoms with E-state index in [2.05, 4.69) is 20.4 Å². The summed E-state index contributed by atoms with van der Waals surface area (Å²) >= 11 is 0. The number of alkyl halides is 3. The molecule has 6 nitrogen and oxygen atoms in total. The van der Waals surface area contributed by atoms with Gasteiger partial charge in [-0.05, 0) is 37.6 Å². The Morgan fingerprint density at radius 3 is 2.62 bits per heavy atom. The molecule has 0 radical (unpaired) electrons. The molecule has 0 fully saturated rings. The van der Waals surface area contributed by atoms with Crippen molar-refractivity contribution in [3.05, 3.63) is 53.5 Å². The second-order valence-corrected chi connectivity index (χ2v) is 6.93. The first-order valence-electron chi connectivity index (χ1n) is 8.91. The average Bonchev–Trinajstić information content (AvgIpc) is 3.05. The summed E-state index contributed by atoms with van der Waals surface area (Å²) in [6.45, 7) is 3.48. The van der Waals surface area contributed by atoms with E-state index < -0.39 is 17.8 Å². The van der Waals surface area contributed by atoms with Crippen molar-refractivity contribution < 1.29 is 18.3 Å². The highest BCUT2D eigenvalue weighted by Crippen LogP contribution is 2.36. The van der Waals surface area contributed by atoms with Crippen LogP contribution in [-0.4, -0.2) is 24.9 Å². The topological polar surface area (TPSA) is 75.9 Å².